The van der Waals surface area contributed by atoms with Crippen molar-refractivity contribution in [2.75, 3.05) is 0 Å². The second-order valence-corrected chi connectivity index (χ2v) is 5.79. The van der Waals surface area contributed by atoms with Crippen molar-refractivity contribution in [3.63, 3.8) is 0 Å². The molecule has 3 nitrogen and oxygen atoms in total. The minimum Gasteiger partial charge on any atom is -0.380 e. The third kappa shape index (κ3) is 3.18. The van der Waals surface area contributed by atoms with Gasteiger partial charge in [0.25, 0.3) is 5.91 Å². The van der Waals surface area contributed by atoms with Gasteiger partial charge in [-0.15, -0.1) is 0 Å². The summed E-state index contributed by atoms with van der Waals surface area (Å²) in [4.78, 5) is 12.2. The van der Waals surface area contributed by atoms with Crippen LogP contribution < -0.4 is 5.32 Å². The first-order chi connectivity index (χ1) is 9.44. The number of carbonyl (C=O) groups is 1. The highest BCUT2D eigenvalue weighted by Gasteiger charge is 2.32. The van der Waals surface area contributed by atoms with Gasteiger partial charge in [-0.05, 0) is 55.9 Å². The summed E-state index contributed by atoms with van der Waals surface area (Å²) in [6, 6.07) is 4.57. The molecular formula is C16H22FNO2. The van der Waals surface area contributed by atoms with Crippen LogP contribution in [0.4, 0.5) is 4.39 Å². The third-order valence-electron chi connectivity index (χ3n) is 3.95. The Morgan fingerprint density at radius 1 is 1.55 bits per heavy atom. The van der Waals surface area contributed by atoms with Gasteiger partial charge in [0.15, 0.2) is 0 Å². The third-order valence-corrected chi connectivity index (χ3v) is 3.95. The van der Waals surface area contributed by atoms with Gasteiger partial charge in [0, 0.05) is 0 Å². The quantitative estimate of drug-likeness (QED) is 0.890. The van der Waals surface area contributed by atoms with Crippen LogP contribution in [0.5, 0.6) is 0 Å². The standard InChI is InChI=1S/C16H22FNO2/c1-3-9-16(2,20)15(19)18-14-6-4-5-11-10-12(17)7-8-13(11)14/h7-8,10,14,20H,3-6,9H2,1-2H3,(H,18,19). The number of nitrogens with one attached hydrogen (secondary N) is 1. The van der Waals surface area contributed by atoms with Gasteiger partial charge >= 0.3 is 0 Å². The van der Waals surface area contributed by atoms with Crippen molar-refractivity contribution in [1.82, 2.24) is 5.32 Å². The number of aryl methyl sites for hydroxylation is 1. The van der Waals surface area contributed by atoms with Crippen LogP contribution in [-0.4, -0.2) is 16.6 Å². The molecule has 2 rings (SSSR count). The Bertz CT molecular complexity index is 499. The average molecular weight is 279 g/mol. The maximum Gasteiger partial charge on any atom is 0.252 e. The van der Waals surface area contributed by atoms with E-state index in [2.05, 4.69) is 5.32 Å². The van der Waals surface area contributed by atoms with Gasteiger partial charge in [-0.1, -0.05) is 19.4 Å². The van der Waals surface area contributed by atoms with Crippen LogP contribution in [0.15, 0.2) is 18.2 Å². The van der Waals surface area contributed by atoms with E-state index in [9.17, 15) is 14.3 Å². The summed E-state index contributed by atoms with van der Waals surface area (Å²) in [5.74, 6) is -0.588. The maximum atomic E-state index is 13.2. The lowest BCUT2D eigenvalue weighted by molar-refractivity contribution is -0.139. The molecule has 1 aliphatic carbocycles. The van der Waals surface area contributed by atoms with Crippen molar-refractivity contribution < 1.29 is 14.3 Å². The zero-order valence-corrected chi connectivity index (χ0v) is 12.1. The van der Waals surface area contributed by atoms with E-state index in [0.29, 0.717) is 6.42 Å². The Morgan fingerprint density at radius 3 is 3.00 bits per heavy atom. The van der Waals surface area contributed by atoms with E-state index in [0.717, 1.165) is 36.8 Å². The number of aliphatic hydroxyl groups is 1. The lowest BCUT2D eigenvalue weighted by Gasteiger charge is -2.30. The molecular weight excluding hydrogens is 257 g/mol. The fourth-order valence-electron chi connectivity index (χ4n) is 2.85. The highest BCUT2D eigenvalue weighted by molar-refractivity contribution is 5.84. The van der Waals surface area contributed by atoms with Crippen molar-refractivity contribution in [2.45, 2.75) is 57.6 Å². The van der Waals surface area contributed by atoms with E-state index in [4.69, 9.17) is 0 Å². The lowest BCUT2D eigenvalue weighted by atomic mass is 9.87. The summed E-state index contributed by atoms with van der Waals surface area (Å²) in [6.07, 6.45) is 3.75. The Labute approximate surface area is 119 Å². The Hall–Kier alpha value is -1.42. The van der Waals surface area contributed by atoms with Gasteiger partial charge in [-0.3, -0.25) is 4.79 Å². The van der Waals surface area contributed by atoms with E-state index in [1.165, 1.54) is 12.1 Å². The molecule has 0 fully saturated rings. The predicted octanol–water partition coefficient (Wildman–Crippen LogP) is 2.87. The molecule has 0 heterocycles. The molecule has 1 aromatic carbocycles. The van der Waals surface area contributed by atoms with Gasteiger partial charge in [-0.25, -0.2) is 4.39 Å². The first-order valence-corrected chi connectivity index (χ1v) is 7.25. The number of hydrogen-bond acceptors (Lipinski definition) is 2. The molecule has 0 spiro atoms. The first kappa shape index (κ1) is 15.0. The molecule has 0 aliphatic heterocycles. The Balaban J connectivity index is 2.14. The van der Waals surface area contributed by atoms with Crippen LogP contribution >= 0.6 is 0 Å². The molecule has 110 valence electrons. The second-order valence-electron chi connectivity index (χ2n) is 5.79. The maximum absolute atomic E-state index is 13.2. The van der Waals surface area contributed by atoms with Crippen molar-refractivity contribution in [3.05, 3.63) is 35.1 Å². The minimum atomic E-state index is -1.34. The molecule has 0 saturated heterocycles. The first-order valence-electron chi connectivity index (χ1n) is 7.25. The number of benzene rings is 1. The summed E-state index contributed by atoms with van der Waals surface area (Å²) in [5, 5.41) is 13.0. The zero-order valence-electron chi connectivity index (χ0n) is 12.1. The van der Waals surface area contributed by atoms with Crippen molar-refractivity contribution in [2.24, 2.45) is 0 Å². The normalized spacial score (nSPS) is 20.9. The van der Waals surface area contributed by atoms with Gasteiger partial charge in [0.1, 0.15) is 11.4 Å². The SMILES string of the molecule is CCCC(C)(O)C(=O)NC1CCCc2cc(F)ccc21. The van der Waals surface area contributed by atoms with E-state index in [1.54, 1.807) is 13.0 Å². The number of rotatable bonds is 4. The summed E-state index contributed by atoms with van der Waals surface area (Å²) < 4.78 is 13.2. The lowest BCUT2D eigenvalue weighted by Crippen LogP contribution is -2.46. The molecule has 0 saturated carbocycles. The number of carbonyl (C=O) groups excluding carboxylic acids is 1. The van der Waals surface area contributed by atoms with Gasteiger partial charge in [-0.2, -0.15) is 0 Å². The summed E-state index contributed by atoms with van der Waals surface area (Å²) in [5.41, 5.74) is 0.585. The topological polar surface area (TPSA) is 49.3 Å². The van der Waals surface area contributed by atoms with Crippen LogP contribution in [0, 0.1) is 5.82 Å². The highest BCUT2D eigenvalue weighted by atomic mass is 19.1. The van der Waals surface area contributed by atoms with Gasteiger partial charge in [0.05, 0.1) is 6.04 Å². The number of hydrogen-bond donors (Lipinski definition) is 2. The summed E-state index contributed by atoms with van der Waals surface area (Å²) in [7, 11) is 0. The molecule has 0 bridgehead atoms. The van der Waals surface area contributed by atoms with Crippen molar-refractivity contribution in [1.29, 1.82) is 0 Å². The van der Waals surface area contributed by atoms with Crippen LogP contribution in [-0.2, 0) is 11.2 Å². The molecule has 1 aromatic rings. The molecule has 1 aliphatic rings. The summed E-state index contributed by atoms with van der Waals surface area (Å²) >= 11 is 0. The van der Waals surface area contributed by atoms with Crippen molar-refractivity contribution in [3.8, 4) is 0 Å². The fourth-order valence-corrected chi connectivity index (χ4v) is 2.85. The van der Waals surface area contributed by atoms with Crippen LogP contribution in [0.2, 0.25) is 0 Å². The molecule has 0 aromatic heterocycles. The number of halogens is 1. The van der Waals surface area contributed by atoms with Crippen molar-refractivity contribution >= 4 is 5.91 Å². The predicted molar refractivity (Wildman–Crippen MR) is 75.8 cm³/mol. The number of fused-ring (bicyclic) bond motifs is 1. The summed E-state index contributed by atoms with van der Waals surface area (Å²) in [6.45, 7) is 3.47. The van der Waals surface area contributed by atoms with E-state index in [1.807, 2.05) is 6.92 Å². The smallest absolute Gasteiger partial charge is 0.252 e. The zero-order chi connectivity index (χ0) is 14.8. The van der Waals surface area contributed by atoms with Crippen LogP contribution in [0.3, 0.4) is 0 Å². The molecule has 0 radical (unpaired) electrons. The van der Waals surface area contributed by atoms with Crippen LogP contribution in [0.1, 0.15) is 56.7 Å². The van der Waals surface area contributed by atoms with Gasteiger partial charge in [0.2, 0.25) is 0 Å². The molecule has 20 heavy (non-hydrogen) atoms. The average Bonchev–Trinajstić information content (AvgIpc) is 2.38. The van der Waals surface area contributed by atoms with Crippen LogP contribution in [0.25, 0.3) is 0 Å². The molecule has 4 heteroatoms. The number of amides is 1. The Kier molecular flexibility index (Phi) is 4.43. The highest BCUT2D eigenvalue weighted by Crippen LogP contribution is 2.30. The molecule has 2 N–H and O–H groups in total. The molecule has 2 atom stereocenters. The molecule has 1 amide bonds. The van der Waals surface area contributed by atoms with Gasteiger partial charge < -0.3 is 10.4 Å². The Morgan fingerprint density at radius 2 is 2.30 bits per heavy atom. The van der Waals surface area contributed by atoms with E-state index in [-0.39, 0.29) is 17.8 Å². The second kappa shape index (κ2) is 5.92. The molecule has 2 unspecified atom stereocenters. The fraction of sp³-hybridized carbons (Fsp3) is 0.562. The minimum absolute atomic E-state index is 0.129. The van der Waals surface area contributed by atoms with E-state index >= 15 is 0 Å². The van der Waals surface area contributed by atoms with E-state index < -0.39 is 5.60 Å². The monoisotopic (exact) mass is 279 g/mol. The largest absolute Gasteiger partial charge is 0.380 e.